The average Bonchev–Trinajstić information content (AvgIpc) is 3.04. The number of nitrogens with zero attached hydrogens (tertiary/aromatic N) is 2. The number of rotatable bonds is 4. The van der Waals surface area contributed by atoms with Gasteiger partial charge in [0.05, 0.1) is 0 Å². The van der Waals surface area contributed by atoms with Gasteiger partial charge in [-0.2, -0.15) is 0 Å². The van der Waals surface area contributed by atoms with Crippen LogP contribution in [0, 0.1) is 0 Å². The summed E-state index contributed by atoms with van der Waals surface area (Å²) in [5.41, 5.74) is 5.66. The van der Waals surface area contributed by atoms with Gasteiger partial charge >= 0.3 is 0 Å². The highest BCUT2D eigenvalue weighted by molar-refractivity contribution is 5.68. The first-order valence-corrected chi connectivity index (χ1v) is 8.25. The van der Waals surface area contributed by atoms with E-state index in [9.17, 15) is 0 Å². The molecule has 1 aliphatic heterocycles. The number of anilines is 1. The van der Waals surface area contributed by atoms with Gasteiger partial charge in [-0.3, -0.25) is 0 Å². The summed E-state index contributed by atoms with van der Waals surface area (Å²) in [5.74, 6) is 0.815. The Hall–Kier alpha value is -2.55. The SMILES string of the molecule is CCc1ccc(-c2cc(-c3ccc(N4CCC4)cc3)on2)cc1. The summed E-state index contributed by atoms with van der Waals surface area (Å²) in [6.45, 7) is 4.49. The fourth-order valence-corrected chi connectivity index (χ4v) is 2.87. The average molecular weight is 304 g/mol. The summed E-state index contributed by atoms with van der Waals surface area (Å²) < 4.78 is 5.54. The molecule has 1 saturated heterocycles. The fraction of sp³-hybridized carbons (Fsp3) is 0.250. The molecule has 116 valence electrons. The Kier molecular flexibility index (Phi) is 3.62. The monoisotopic (exact) mass is 304 g/mol. The number of aromatic nitrogens is 1. The molecule has 0 saturated carbocycles. The maximum atomic E-state index is 5.54. The lowest BCUT2D eigenvalue weighted by atomic mass is 10.1. The Balaban J connectivity index is 1.56. The van der Waals surface area contributed by atoms with E-state index in [1.807, 2.05) is 6.07 Å². The van der Waals surface area contributed by atoms with Crippen LogP contribution in [0.15, 0.2) is 59.1 Å². The molecule has 1 aliphatic rings. The van der Waals surface area contributed by atoms with E-state index in [-0.39, 0.29) is 0 Å². The molecule has 0 unspecified atom stereocenters. The van der Waals surface area contributed by atoms with Gasteiger partial charge in [-0.05, 0) is 42.7 Å². The van der Waals surface area contributed by atoms with Crippen LogP contribution in [0.2, 0.25) is 0 Å². The molecule has 0 aliphatic carbocycles. The van der Waals surface area contributed by atoms with Crippen LogP contribution in [-0.2, 0) is 6.42 Å². The predicted molar refractivity (Wildman–Crippen MR) is 93.6 cm³/mol. The van der Waals surface area contributed by atoms with E-state index < -0.39 is 0 Å². The van der Waals surface area contributed by atoms with Crippen molar-refractivity contribution in [3.05, 3.63) is 60.2 Å². The number of aryl methyl sites for hydroxylation is 1. The molecule has 1 aromatic heterocycles. The highest BCUT2D eigenvalue weighted by atomic mass is 16.5. The topological polar surface area (TPSA) is 29.3 Å². The summed E-state index contributed by atoms with van der Waals surface area (Å²) in [7, 11) is 0. The van der Waals surface area contributed by atoms with Gasteiger partial charge < -0.3 is 9.42 Å². The zero-order valence-electron chi connectivity index (χ0n) is 13.3. The van der Waals surface area contributed by atoms with E-state index in [1.165, 1.54) is 30.8 Å². The molecule has 0 atom stereocenters. The molecular weight excluding hydrogens is 284 g/mol. The van der Waals surface area contributed by atoms with Crippen molar-refractivity contribution in [3.63, 3.8) is 0 Å². The quantitative estimate of drug-likeness (QED) is 0.694. The maximum absolute atomic E-state index is 5.54. The van der Waals surface area contributed by atoms with Crippen LogP contribution in [0.25, 0.3) is 22.6 Å². The molecule has 0 N–H and O–H groups in total. The summed E-state index contributed by atoms with van der Waals surface area (Å²) in [6, 6.07) is 19.0. The second-order valence-corrected chi connectivity index (χ2v) is 6.01. The molecule has 0 radical (unpaired) electrons. The van der Waals surface area contributed by atoms with E-state index in [0.717, 1.165) is 29.0 Å². The van der Waals surface area contributed by atoms with E-state index >= 15 is 0 Å². The number of benzene rings is 2. The molecule has 3 nitrogen and oxygen atoms in total. The van der Waals surface area contributed by atoms with Crippen LogP contribution in [0.1, 0.15) is 18.9 Å². The van der Waals surface area contributed by atoms with Gasteiger partial charge in [0.1, 0.15) is 5.69 Å². The lowest BCUT2D eigenvalue weighted by molar-refractivity contribution is 0.435. The standard InChI is InChI=1S/C20H20N2O/c1-2-15-4-6-16(7-5-15)19-14-20(23-21-19)17-8-10-18(11-9-17)22-12-3-13-22/h4-11,14H,2-3,12-13H2,1H3. The summed E-state index contributed by atoms with van der Waals surface area (Å²) >= 11 is 0. The second-order valence-electron chi connectivity index (χ2n) is 6.01. The second kappa shape index (κ2) is 5.92. The highest BCUT2D eigenvalue weighted by Crippen LogP contribution is 2.29. The van der Waals surface area contributed by atoms with E-state index in [2.05, 4.69) is 65.5 Å². The molecule has 3 heteroatoms. The van der Waals surface area contributed by atoms with Crippen LogP contribution >= 0.6 is 0 Å². The number of hydrogen-bond acceptors (Lipinski definition) is 3. The van der Waals surface area contributed by atoms with Crippen LogP contribution in [-0.4, -0.2) is 18.2 Å². The van der Waals surface area contributed by atoms with Crippen molar-refractivity contribution in [3.8, 4) is 22.6 Å². The van der Waals surface area contributed by atoms with Crippen LogP contribution in [0.4, 0.5) is 5.69 Å². The smallest absolute Gasteiger partial charge is 0.167 e. The van der Waals surface area contributed by atoms with Crippen molar-refractivity contribution in [1.82, 2.24) is 5.16 Å². The molecule has 2 aromatic carbocycles. The molecule has 1 fully saturated rings. The first kappa shape index (κ1) is 14.1. The highest BCUT2D eigenvalue weighted by Gasteiger charge is 2.15. The van der Waals surface area contributed by atoms with Crippen molar-refractivity contribution in [2.75, 3.05) is 18.0 Å². The molecule has 23 heavy (non-hydrogen) atoms. The van der Waals surface area contributed by atoms with Crippen molar-refractivity contribution in [1.29, 1.82) is 0 Å². The summed E-state index contributed by atoms with van der Waals surface area (Å²) in [5, 5.41) is 4.22. The third-order valence-electron chi connectivity index (χ3n) is 4.54. The van der Waals surface area contributed by atoms with Gasteiger partial charge in [-0.15, -0.1) is 0 Å². The first-order valence-electron chi connectivity index (χ1n) is 8.25. The minimum Gasteiger partial charge on any atom is -0.371 e. The normalized spacial score (nSPS) is 13.9. The van der Waals surface area contributed by atoms with Gasteiger partial charge in [0.2, 0.25) is 0 Å². The molecule has 2 heterocycles. The third-order valence-corrected chi connectivity index (χ3v) is 4.54. The lowest BCUT2D eigenvalue weighted by Crippen LogP contribution is -2.36. The van der Waals surface area contributed by atoms with Crippen molar-refractivity contribution in [2.45, 2.75) is 19.8 Å². The van der Waals surface area contributed by atoms with E-state index in [1.54, 1.807) is 0 Å². The largest absolute Gasteiger partial charge is 0.371 e. The zero-order chi connectivity index (χ0) is 15.6. The van der Waals surface area contributed by atoms with Crippen LogP contribution in [0.5, 0.6) is 0 Å². The van der Waals surface area contributed by atoms with Gasteiger partial charge in [-0.25, -0.2) is 0 Å². The minimum absolute atomic E-state index is 0.815. The minimum atomic E-state index is 0.815. The van der Waals surface area contributed by atoms with Crippen molar-refractivity contribution >= 4 is 5.69 Å². The molecular formula is C20H20N2O. The van der Waals surface area contributed by atoms with E-state index in [0.29, 0.717) is 0 Å². The predicted octanol–water partition coefficient (Wildman–Crippen LogP) is 4.78. The summed E-state index contributed by atoms with van der Waals surface area (Å²) in [4.78, 5) is 2.38. The fourth-order valence-electron chi connectivity index (χ4n) is 2.87. The van der Waals surface area contributed by atoms with Gasteiger partial charge in [0, 0.05) is 36.0 Å². The molecule has 0 spiro atoms. The van der Waals surface area contributed by atoms with Crippen LogP contribution in [0.3, 0.4) is 0 Å². The molecule has 0 amide bonds. The molecule has 0 bridgehead atoms. The van der Waals surface area contributed by atoms with Crippen molar-refractivity contribution in [2.24, 2.45) is 0 Å². The third kappa shape index (κ3) is 2.74. The van der Waals surface area contributed by atoms with Crippen LogP contribution < -0.4 is 4.90 Å². The number of hydrogen-bond donors (Lipinski definition) is 0. The zero-order valence-corrected chi connectivity index (χ0v) is 13.3. The van der Waals surface area contributed by atoms with Gasteiger partial charge in [0.15, 0.2) is 5.76 Å². The maximum Gasteiger partial charge on any atom is 0.167 e. The Bertz CT molecular complexity index is 783. The molecule has 3 aromatic rings. The van der Waals surface area contributed by atoms with Gasteiger partial charge in [0.25, 0.3) is 0 Å². The van der Waals surface area contributed by atoms with Crippen molar-refractivity contribution < 1.29 is 4.52 Å². The Morgan fingerprint density at radius 1 is 0.957 bits per heavy atom. The lowest BCUT2D eigenvalue weighted by Gasteiger charge is -2.33. The summed E-state index contributed by atoms with van der Waals surface area (Å²) in [6.07, 6.45) is 2.34. The first-order chi connectivity index (χ1) is 11.3. The Labute approximate surface area is 136 Å². The molecule has 4 rings (SSSR count). The Morgan fingerprint density at radius 3 is 2.26 bits per heavy atom. The van der Waals surface area contributed by atoms with E-state index in [4.69, 9.17) is 4.52 Å². The Morgan fingerprint density at radius 2 is 1.65 bits per heavy atom. The van der Waals surface area contributed by atoms with Gasteiger partial charge in [-0.1, -0.05) is 36.3 Å².